The van der Waals surface area contributed by atoms with Crippen molar-refractivity contribution in [1.29, 1.82) is 0 Å². The minimum Gasteiger partial charge on any atom is -0.453 e. The van der Waals surface area contributed by atoms with E-state index < -0.39 is 24.3 Å². The Kier molecular flexibility index (Phi) is 16.7. The number of carbonyl (C=O) groups is 4. The van der Waals surface area contributed by atoms with E-state index in [0.717, 1.165) is 79.1 Å². The van der Waals surface area contributed by atoms with E-state index in [1.807, 2.05) is 56.8 Å². The molecule has 2 aromatic heterocycles. The predicted molar refractivity (Wildman–Crippen MR) is 276 cm³/mol. The molecule has 1 unspecified atom stereocenters. The Balaban J connectivity index is 0.975. The van der Waals surface area contributed by atoms with Crippen molar-refractivity contribution >= 4 is 35.3 Å². The number of hydrogen-bond donors (Lipinski definition) is 4. The van der Waals surface area contributed by atoms with Gasteiger partial charge in [-0.3, -0.25) is 9.59 Å². The molecule has 0 radical (unpaired) electrons. The molecule has 6 atom stereocenters. The van der Waals surface area contributed by atoms with Crippen molar-refractivity contribution in [2.75, 3.05) is 32.2 Å². The highest BCUT2D eigenvalue weighted by molar-refractivity contribution is 5.87. The number of nitrogens with one attached hydrogen (secondary N) is 4. The summed E-state index contributed by atoms with van der Waals surface area (Å²) < 4.78 is 9.64. The number of aromatic amines is 2. The van der Waals surface area contributed by atoms with Gasteiger partial charge in [-0.15, -0.1) is 0 Å². The van der Waals surface area contributed by atoms with E-state index in [1.165, 1.54) is 63.1 Å². The molecule has 15 nitrogen and oxygen atoms in total. The second-order valence-corrected chi connectivity index (χ2v) is 20.5. The van der Waals surface area contributed by atoms with Crippen LogP contribution in [0.5, 0.6) is 0 Å². The van der Waals surface area contributed by atoms with Crippen molar-refractivity contribution in [3.05, 3.63) is 108 Å². The number of alkyl carbamates (subject to hydrolysis) is 2. The summed E-state index contributed by atoms with van der Waals surface area (Å²) in [5.74, 6) is 1.67. The largest absolute Gasteiger partial charge is 0.453 e. The van der Waals surface area contributed by atoms with E-state index >= 15 is 0 Å². The molecule has 3 saturated heterocycles. The van der Waals surface area contributed by atoms with Crippen LogP contribution < -0.4 is 15.5 Å². The third-order valence-corrected chi connectivity index (χ3v) is 15.4. The smallest absolute Gasteiger partial charge is 0.407 e. The number of H-pyrrole nitrogens is 2. The number of hydrogen-bond acceptors (Lipinski definition) is 9. The number of carbonyl (C=O) groups excluding carboxylic acids is 4. The number of benzene rings is 2. The molecule has 4 fully saturated rings. The summed E-state index contributed by atoms with van der Waals surface area (Å²) >= 11 is 0. The van der Waals surface area contributed by atoms with Gasteiger partial charge in [-0.25, -0.2) is 19.6 Å². The molecule has 71 heavy (non-hydrogen) atoms. The fourth-order valence-electron chi connectivity index (χ4n) is 11.5. The van der Waals surface area contributed by atoms with E-state index in [9.17, 15) is 19.2 Å². The van der Waals surface area contributed by atoms with Crippen LogP contribution in [0.25, 0.3) is 16.8 Å². The Labute approximate surface area is 419 Å². The van der Waals surface area contributed by atoms with Gasteiger partial charge in [-0.2, -0.15) is 0 Å². The van der Waals surface area contributed by atoms with Crippen molar-refractivity contribution < 1.29 is 28.7 Å². The van der Waals surface area contributed by atoms with Crippen LogP contribution in [-0.4, -0.2) is 99.2 Å². The van der Waals surface area contributed by atoms with Gasteiger partial charge in [0.25, 0.3) is 0 Å². The van der Waals surface area contributed by atoms with Crippen LogP contribution in [0.15, 0.2) is 79.2 Å². The lowest BCUT2D eigenvalue weighted by atomic mass is 9.84. The molecule has 1 saturated carbocycles. The van der Waals surface area contributed by atoms with Crippen molar-refractivity contribution in [3.63, 3.8) is 0 Å². The lowest BCUT2D eigenvalue weighted by molar-refractivity contribution is -0.136. The number of amides is 4. The maximum absolute atomic E-state index is 13.8. The van der Waals surface area contributed by atoms with Gasteiger partial charge in [0.05, 0.1) is 56.1 Å². The minimum atomic E-state index is -0.690. The van der Waals surface area contributed by atoms with E-state index in [1.54, 1.807) is 0 Å². The summed E-state index contributed by atoms with van der Waals surface area (Å²) in [6, 6.07) is 17.0. The maximum Gasteiger partial charge on any atom is 0.407 e. The first kappa shape index (κ1) is 51.0. The van der Waals surface area contributed by atoms with Gasteiger partial charge < -0.3 is 44.8 Å². The number of anilines is 1. The zero-order chi connectivity index (χ0) is 50.2. The van der Waals surface area contributed by atoms with Crippen LogP contribution in [0.4, 0.5) is 15.3 Å². The molecule has 4 aromatic rings. The lowest BCUT2D eigenvalue weighted by Gasteiger charge is -2.33. The van der Waals surface area contributed by atoms with Crippen molar-refractivity contribution in [2.45, 2.75) is 154 Å². The lowest BCUT2D eigenvalue weighted by Crippen LogP contribution is -2.51. The SMILES string of the molecule is C/C=C(\C=C/C[C@H]1CC[C@H](c2ccc(-c3cnc([C@@H]4CCCN4C(=O)[C@@H](NC(=O)OC)C(C)C)[nH]3)cc2)N1c1ccc(C2CCCCC2)cc1)c1cnc([C@@H]2CCCN2C(=O)C(NC(=O)OC)C(C)C)[nH]1. The zero-order valence-corrected chi connectivity index (χ0v) is 42.8. The molecule has 380 valence electrons. The first-order valence-corrected chi connectivity index (χ1v) is 26.1. The van der Waals surface area contributed by atoms with Gasteiger partial charge in [0.1, 0.15) is 23.7 Å². The molecular formula is C56H75N9O6. The Hall–Kier alpha value is -6.38. The zero-order valence-electron chi connectivity index (χ0n) is 42.8. The molecule has 15 heteroatoms. The summed E-state index contributed by atoms with van der Waals surface area (Å²) in [5, 5.41) is 5.47. The predicted octanol–water partition coefficient (Wildman–Crippen LogP) is 10.7. The second-order valence-electron chi connectivity index (χ2n) is 20.5. The molecule has 3 aliphatic heterocycles. The molecule has 0 spiro atoms. The number of likely N-dealkylation sites (tertiary alicyclic amines) is 2. The summed E-state index contributed by atoms with van der Waals surface area (Å²) in [6.07, 6.45) is 21.8. The fraction of sp³-hybridized carbons (Fsp3) is 0.536. The highest BCUT2D eigenvalue weighted by Crippen LogP contribution is 2.43. The Morgan fingerprint density at radius 3 is 1.80 bits per heavy atom. The number of methoxy groups -OCH3 is 2. The minimum absolute atomic E-state index is 0.107. The molecule has 4 N–H and O–H groups in total. The number of allylic oxidation sites excluding steroid dienone is 3. The third kappa shape index (κ3) is 11.5. The number of ether oxygens (including phenoxy) is 2. The highest BCUT2D eigenvalue weighted by Gasteiger charge is 2.40. The van der Waals surface area contributed by atoms with Gasteiger partial charge in [0.2, 0.25) is 11.8 Å². The van der Waals surface area contributed by atoms with E-state index in [4.69, 9.17) is 19.4 Å². The molecular weight excluding hydrogens is 895 g/mol. The molecule has 4 aliphatic rings. The number of imidazole rings is 2. The Morgan fingerprint density at radius 2 is 1.24 bits per heavy atom. The van der Waals surface area contributed by atoms with Gasteiger partial charge in [0, 0.05) is 24.8 Å². The molecule has 5 heterocycles. The summed E-state index contributed by atoms with van der Waals surface area (Å²) in [7, 11) is 2.61. The number of rotatable bonds is 16. The van der Waals surface area contributed by atoms with Crippen molar-refractivity contribution in [1.82, 2.24) is 40.4 Å². The number of nitrogens with zero attached hydrogens (tertiary/aromatic N) is 5. The fourth-order valence-corrected chi connectivity index (χ4v) is 11.5. The first-order chi connectivity index (χ1) is 34.4. The van der Waals surface area contributed by atoms with Crippen LogP contribution in [0, 0.1) is 11.8 Å². The maximum atomic E-state index is 13.8. The molecule has 8 rings (SSSR count). The molecule has 1 aliphatic carbocycles. The topological polar surface area (TPSA) is 178 Å². The second kappa shape index (κ2) is 23.2. The standard InChI is InChI=1S/C56H75N9O6/c1-8-37(44-33-57-51(59-44)47-19-13-31-63(47)53(66)49(35(2)3)61-55(68)70-6)17-12-18-42-29-30-46(65(42)43-27-25-39(26-28-43)38-15-10-9-11-16-38)41-23-21-40(22-24-41)45-34-58-52(60-45)48-20-14-32-64(48)54(67)50(36(4)5)62-56(69)71-7/h8,12,17,21-28,33-36,38,42,46-50H,9-11,13-16,18-20,29-32H2,1-7H3,(H,57,59)(H,58,60)(H,61,68)(H,62,69)/b17-12-,37-8+/t42-,46+,47-,48-,49?,50-/m0/s1. The van der Waals surface area contributed by atoms with Gasteiger partial charge in [-0.05, 0) is 117 Å². The highest BCUT2D eigenvalue weighted by atomic mass is 16.5. The van der Waals surface area contributed by atoms with E-state index in [-0.39, 0.29) is 47.8 Å². The molecule has 2 aromatic carbocycles. The molecule has 0 bridgehead atoms. The van der Waals surface area contributed by atoms with Crippen LogP contribution in [-0.2, 0) is 19.1 Å². The molecule has 4 amide bonds. The first-order valence-electron chi connectivity index (χ1n) is 26.1. The Morgan fingerprint density at radius 1 is 0.676 bits per heavy atom. The van der Waals surface area contributed by atoms with Crippen LogP contribution in [0.1, 0.15) is 164 Å². The normalized spacial score (nSPS) is 21.9. The summed E-state index contributed by atoms with van der Waals surface area (Å²) in [6.45, 7) is 10.9. The van der Waals surface area contributed by atoms with E-state index in [0.29, 0.717) is 19.0 Å². The van der Waals surface area contributed by atoms with Gasteiger partial charge >= 0.3 is 12.2 Å². The quantitative estimate of drug-likeness (QED) is 0.0796. The van der Waals surface area contributed by atoms with E-state index in [2.05, 4.69) is 92.3 Å². The van der Waals surface area contributed by atoms with Crippen molar-refractivity contribution in [3.8, 4) is 11.3 Å². The van der Waals surface area contributed by atoms with Crippen molar-refractivity contribution in [2.24, 2.45) is 11.8 Å². The Bertz CT molecular complexity index is 2500. The van der Waals surface area contributed by atoms with Gasteiger partial charge in [0.15, 0.2) is 0 Å². The third-order valence-electron chi connectivity index (χ3n) is 15.4. The summed E-state index contributed by atoms with van der Waals surface area (Å²) in [5.41, 5.74) is 7.81. The summed E-state index contributed by atoms with van der Waals surface area (Å²) in [4.78, 5) is 74.8. The average molecular weight is 970 g/mol. The van der Waals surface area contributed by atoms with Gasteiger partial charge in [-0.1, -0.05) is 102 Å². The average Bonchev–Trinajstić information content (AvgIpc) is 4.26. The number of aromatic nitrogens is 4. The van der Waals surface area contributed by atoms with Crippen LogP contribution >= 0.6 is 0 Å². The monoisotopic (exact) mass is 970 g/mol. The van der Waals surface area contributed by atoms with Crippen LogP contribution in [0.3, 0.4) is 0 Å². The van der Waals surface area contributed by atoms with Crippen LogP contribution in [0.2, 0.25) is 0 Å².